The summed E-state index contributed by atoms with van der Waals surface area (Å²) in [5.41, 5.74) is 0.422. The molecule has 3 rings (SSSR count). The van der Waals surface area contributed by atoms with Crippen molar-refractivity contribution in [2.75, 3.05) is 10.6 Å². The third-order valence-corrected chi connectivity index (χ3v) is 4.49. The third kappa shape index (κ3) is 4.08. The Hall–Kier alpha value is -2.48. The summed E-state index contributed by atoms with van der Waals surface area (Å²) in [5, 5.41) is 10.6. The van der Waals surface area contributed by atoms with Gasteiger partial charge in [-0.25, -0.2) is 14.2 Å². The zero-order valence-electron chi connectivity index (χ0n) is 13.0. The van der Waals surface area contributed by atoms with Crippen LogP contribution in [0, 0.1) is 11.7 Å². The molecule has 0 bridgehead atoms. The van der Waals surface area contributed by atoms with Gasteiger partial charge in [0.05, 0.1) is 11.7 Å². The Morgan fingerprint density at radius 2 is 2.12 bits per heavy atom. The first-order chi connectivity index (χ1) is 11.5. The van der Waals surface area contributed by atoms with E-state index in [1.54, 1.807) is 6.20 Å². The molecule has 24 heavy (non-hydrogen) atoms. The van der Waals surface area contributed by atoms with Crippen LogP contribution in [0.5, 0.6) is 0 Å². The van der Waals surface area contributed by atoms with Gasteiger partial charge in [0.2, 0.25) is 5.91 Å². The van der Waals surface area contributed by atoms with Crippen LogP contribution in [0.3, 0.4) is 0 Å². The van der Waals surface area contributed by atoms with Crippen LogP contribution in [0.1, 0.15) is 30.8 Å². The lowest BCUT2D eigenvalue weighted by Gasteiger charge is -2.17. The maximum absolute atomic E-state index is 13.9. The topological polar surface area (TPSA) is 83.1 Å². The fraction of sp³-hybridized carbons (Fsp3) is 0.312. The molecule has 1 atom stereocenters. The average molecular weight is 348 g/mol. The molecule has 0 saturated heterocycles. The second-order valence-electron chi connectivity index (χ2n) is 5.66. The summed E-state index contributed by atoms with van der Waals surface area (Å²) >= 11 is 1.48. The minimum Gasteiger partial charge on any atom is -0.328 e. The highest BCUT2D eigenvalue weighted by Crippen LogP contribution is 2.41. The van der Waals surface area contributed by atoms with Crippen LogP contribution >= 0.6 is 11.3 Å². The first-order valence-corrected chi connectivity index (χ1v) is 8.45. The monoisotopic (exact) mass is 348 g/mol. The largest absolute Gasteiger partial charge is 0.328 e. The highest BCUT2D eigenvalue weighted by Gasteiger charge is 2.35. The lowest BCUT2D eigenvalue weighted by atomic mass is 10.2. The minimum atomic E-state index is -0.573. The van der Waals surface area contributed by atoms with Crippen molar-refractivity contribution < 1.29 is 14.0 Å². The molecule has 1 fully saturated rings. The van der Waals surface area contributed by atoms with Gasteiger partial charge in [-0.05, 0) is 37.0 Å². The van der Waals surface area contributed by atoms with Gasteiger partial charge >= 0.3 is 6.03 Å². The van der Waals surface area contributed by atoms with E-state index in [9.17, 15) is 14.0 Å². The maximum atomic E-state index is 13.9. The lowest BCUT2D eigenvalue weighted by Crippen LogP contribution is -2.33. The fourth-order valence-electron chi connectivity index (χ4n) is 2.40. The standard InChI is InChI=1S/C16H17FN4O2S/c1-9(22)19-11-4-5-12(17)13(8-11)20-16(23)21-14(10-2-3-10)15-18-6-7-24-15/h4-8,10,14H,2-3H2,1H3,(H,19,22)(H2,20,21,23)/t14-/m1/s1. The van der Waals surface area contributed by atoms with Gasteiger partial charge in [0, 0.05) is 24.2 Å². The Bertz CT molecular complexity index is 747. The molecule has 1 saturated carbocycles. The van der Waals surface area contributed by atoms with Crippen LogP contribution in [-0.4, -0.2) is 16.9 Å². The zero-order valence-corrected chi connectivity index (χ0v) is 13.8. The Balaban J connectivity index is 1.69. The van der Waals surface area contributed by atoms with Crippen molar-refractivity contribution in [2.45, 2.75) is 25.8 Å². The second kappa shape index (κ2) is 6.96. The van der Waals surface area contributed by atoms with Crippen LogP contribution < -0.4 is 16.0 Å². The smallest absolute Gasteiger partial charge is 0.319 e. The van der Waals surface area contributed by atoms with E-state index in [0.717, 1.165) is 17.8 Å². The summed E-state index contributed by atoms with van der Waals surface area (Å²) < 4.78 is 13.9. The van der Waals surface area contributed by atoms with Gasteiger partial charge in [-0.2, -0.15) is 0 Å². The van der Waals surface area contributed by atoms with Gasteiger partial charge in [0.25, 0.3) is 0 Å². The van der Waals surface area contributed by atoms with Crippen molar-refractivity contribution in [1.29, 1.82) is 0 Å². The van der Waals surface area contributed by atoms with Crippen LogP contribution in [0.2, 0.25) is 0 Å². The molecule has 6 nitrogen and oxygen atoms in total. The molecule has 3 N–H and O–H groups in total. The van der Waals surface area contributed by atoms with E-state index in [0.29, 0.717) is 11.6 Å². The number of hydrogen-bond acceptors (Lipinski definition) is 4. The molecule has 1 aromatic carbocycles. The number of halogens is 1. The second-order valence-corrected chi connectivity index (χ2v) is 6.59. The number of hydrogen-bond donors (Lipinski definition) is 3. The highest BCUT2D eigenvalue weighted by molar-refractivity contribution is 7.09. The van der Waals surface area contributed by atoms with E-state index in [1.807, 2.05) is 5.38 Å². The van der Waals surface area contributed by atoms with Gasteiger partial charge in [0.1, 0.15) is 10.8 Å². The van der Waals surface area contributed by atoms with Crippen molar-refractivity contribution in [3.8, 4) is 0 Å². The molecule has 0 radical (unpaired) electrons. The van der Waals surface area contributed by atoms with E-state index >= 15 is 0 Å². The number of nitrogens with one attached hydrogen (secondary N) is 3. The van der Waals surface area contributed by atoms with Crippen molar-refractivity contribution in [3.05, 3.63) is 40.6 Å². The quantitative estimate of drug-likeness (QED) is 0.773. The normalized spacial score (nSPS) is 14.8. The number of urea groups is 1. The van der Waals surface area contributed by atoms with Gasteiger partial charge in [-0.15, -0.1) is 11.3 Å². The molecule has 126 valence electrons. The average Bonchev–Trinajstić information content (AvgIpc) is 3.22. The molecule has 1 heterocycles. The Kier molecular flexibility index (Phi) is 4.75. The number of nitrogens with zero attached hydrogens (tertiary/aromatic N) is 1. The number of benzene rings is 1. The molecule has 1 aliphatic rings. The third-order valence-electron chi connectivity index (χ3n) is 3.63. The molecule has 3 amide bonds. The van der Waals surface area contributed by atoms with E-state index in [2.05, 4.69) is 20.9 Å². The summed E-state index contributed by atoms with van der Waals surface area (Å²) in [7, 11) is 0. The predicted octanol–water partition coefficient (Wildman–Crippen LogP) is 3.51. The zero-order chi connectivity index (χ0) is 17.1. The molecule has 1 aromatic heterocycles. The van der Waals surface area contributed by atoms with E-state index < -0.39 is 11.8 Å². The minimum absolute atomic E-state index is 0.00688. The molecule has 0 unspecified atom stereocenters. The number of anilines is 2. The molecule has 8 heteroatoms. The predicted molar refractivity (Wildman–Crippen MR) is 90.4 cm³/mol. The van der Waals surface area contributed by atoms with Crippen LogP contribution in [0.25, 0.3) is 0 Å². The molecular weight excluding hydrogens is 331 g/mol. The number of carbonyl (C=O) groups excluding carboxylic acids is 2. The van der Waals surface area contributed by atoms with Gasteiger partial charge in [-0.1, -0.05) is 0 Å². The van der Waals surface area contributed by atoms with Crippen molar-refractivity contribution in [3.63, 3.8) is 0 Å². The van der Waals surface area contributed by atoms with Crippen LogP contribution in [0.15, 0.2) is 29.8 Å². The summed E-state index contributed by atoms with van der Waals surface area (Å²) in [5.74, 6) is -0.469. The number of aromatic nitrogens is 1. The Morgan fingerprint density at radius 1 is 1.33 bits per heavy atom. The van der Waals surface area contributed by atoms with Gasteiger partial charge in [0.15, 0.2) is 0 Å². The van der Waals surface area contributed by atoms with Crippen LogP contribution in [-0.2, 0) is 4.79 Å². The maximum Gasteiger partial charge on any atom is 0.319 e. The van der Waals surface area contributed by atoms with Crippen molar-refractivity contribution in [1.82, 2.24) is 10.3 Å². The van der Waals surface area contributed by atoms with Crippen molar-refractivity contribution >= 4 is 34.6 Å². The molecular formula is C16H17FN4O2S. The SMILES string of the molecule is CC(=O)Nc1ccc(F)c(NC(=O)N[C@@H](c2nccs2)C2CC2)c1. The number of carbonyl (C=O) groups is 2. The van der Waals surface area contributed by atoms with E-state index in [4.69, 9.17) is 0 Å². The van der Waals surface area contributed by atoms with Crippen LogP contribution in [0.4, 0.5) is 20.6 Å². The first-order valence-electron chi connectivity index (χ1n) is 7.57. The molecule has 0 aliphatic heterocycles. The van der Waals surface area contributed by atoms with Crippen molar-refractivity contribution in [2.24, 2.45) is 5.92 Å². The van der Waals surface area contributed by atoms with Gasteiger partial charge in [-0.3, -0.25) is 4.79 Å². The van der Waals surface area contributed by atoms with E-state index in [-0.39, 0.29) is 17.6 Å². The molecule has 1 aliphatic carbocycles. The summed E-state index contributed by atoms with van der Waals surface area (Å²) in [4.78, 5) is 27.6. The summed E-state index contributed by atoms with van der Waals surface area (Å²) in [6.45, 7) is 1.36. The first kappa shape index (κ1) is 16.4. The summed E-state index contributed by atoms with van der Waals surface area (Å²) in [6, 6.07) is 3.35. The Morgan fingerprint density at radius 3 is 2.75 bits per heavy atom. The molecule has 0 spiro atoms. The van der Waals surface area contributed by atoms with E-state index in [1.165, 1.54) is 36.5 Å². The fourth-order valence-corrected chi connectivity index (χ4v) is 3.18. The number of amides is 3. The molecule has 2 aromatic rings. The lowest BCUT2D eigenvalue weighted by molar-refractivity contribution is -0.114. The highest BCUT2D eigenvalue weighted by atomic mass is 32.1. The van der Waals surface area contributed by atoms with Gasteiger partial charge < -0.3 is 16.0 Å². The number of thiazole rings is 1. The number of rotatable bonds is 5. The summed E-state index contributed by atoms with van der Waals surface area (Å²) in [6.07, 6.45) is 3.78. The Labute approximate surface area is 142 Å².